The summed E-state index contributed by atoms with van der Waals surface area (Å²) in [5.41, 5.74) is -0.804. The van der Waals surface area contributed by atoms with E-state index in [4.69, 9.17) is 9.94 Å². The fourth-order valence-electron chi connectivity index (χ4n) is 2.67. The van der Waals surface area contributed by atoms with Crippen molar-refractivity contribution in [2.45, 2.75) is 13.3 Å². The van der Waals surface area contributed by atoms with Crippen LogP contribution in [0.2, 0.25) is 0 Å². The van der Waals surface area contributed by atoms with Gasteiger partial charge in [0, 0.05) is 15.7 Å². The van der Waals surface area contributed by atoms with Gasteiger partial charge in [0.15, 0.2) is 17.3 Å². The van der Waals surface area contributed by atoms with Crippen LogP contribution in [-0.2, 0) is 14.5 Å². The number of halogens is 4. The van der Waals surface area contributed by atoms with Gasteiger partial charge in [-0.25, -0.2) is 18.7 Å². The summed E-state index contributed by atoms with van der Waals surface area (Å²) in [4.78, 5) is 34.5. The number of hydrogen-bond donors (Lipinski definition) is 4. The second-order valence-corrected chi connectivity index (χ2v) is 7.85. The van der Waals surface area contributed by atoms with Crippen molar-refractivity contribution in [1.82, 2.24) is 10.8 Å². The fraction of sp³-hybridized carbons (Fsp3) is 0.286. The lowest BCUT2D eigenvalue weighted by Crippen LogP contribution is -2.34. The Balaban J connectivity index is 2.65. The van der Waals surface area contributed by atoms with E-state index >= 15 is 8.78 Å². The first-order valence-corrected chi connectivity index (χ1v) is 11.0. The summed E-state index contributed by atoms with van der Waals surface area (Å²) in [6, 6.07) is 4.80. The highest BCUT2D eigenvalue weighted by molar-refractivity contribution is 14.1. The molecular weight excluding hydrogens is 572 g/mol. The molecule has 0 saturated carbocycles. The van der Waals surface area contributed by atoms with E-state index in [1.165, 1.54) is 12.1 Å². The molecule has 0 fully saturated rings. The van der Waals surface area contributed by atoms with Crippen LogP contribution in [0.1, 0.15) is 29.3 Å². The molecule has 184 valence electrons. The highest BCUT2D eigenvalue weighted by Crippen LogP contribution is 2.31. The largest absolute Gasteiger partial charge is 0.398 e. The standard InChI is InChI=1S/C21H22F3IN4O5/c1-3-6-26-21(32)19(28-33-2)12-10-13(20(31)29-34-8-7-30)18(17(24)16(12)23)27-15-5-4-11(25)9-14(15)22/h4-5,9-10,27,30H,3,6-8H2,1-2H3,(H,26,32)(H,29,31)/b28-19+. The van der Waals surface area contributed by atoms with Crippen LogP contribution in [0.4, 0.5) is 24.5 Å². The number of hydrogen-bond acceptors (Lipinski definition) is 7. The lowest BCUT2D eigenvalue weighted by Gasteiger charge is -2.17. The van der Waals surface area contributed by atoms with Crippen molar-refractivity contribution >= 4 is 51.5 Å². The van der Waals surface area contributed by atoms with Crippen molar-refractivity contribution in [1.29, 1.82) is 0 Å². The Kier molecular flexibility index (Phi) is 10.5. The molecule has 0 bridgehead atoms. The Morgan fingerprint density at radius 2 is 1.88 bits per heavy atom. The quantitative estimate of drug-likeness (QED) is 0.138. The number of hydroxylamine groups is 1. The zero-order chi connectivity index (χ0) is 25.3. The summed E-state index contributed by atoms with van der Waals surface area (Å²) in [5.74, 6) is -5.81. The summed E-state index contributed by atoms with van der Waals surface area (Å²) in [6.07, 6.45) is 0.559. The molecule has 0 aliphatic carbocycles. The van der Waals surface area contributed by atoms with Crippen LogP contribution in [0.3, 0.4) is 0 Å². The molecule has 9 nitrogen and oxygen atoms in total. The van der Waals surface area contributed by atoms with Gasteiger partial charge in [-0.2, -0.15) is 0 Å². The molecule has 4 N–H and O–H groups in total. The van der Waals surface area contributed by atoms with Crippen molar-refractivity contribution in [3.05, 3.63) is 56.4 Å². The van der Waals surface area contributed by atoms with Crippen LogP contribution < -0.4 is 16.1 Å². The summed E-state index contributed by atoms with van der Waals surface area (Å²) >= 11 is 1.87. The molecule has 0 aliphatic heterocycles. The average Bonchev–Trinajstić information content (AvgIpc) is 2.81. The second kappa shape index (κ2) is 13.1. The molecular formula is C21H22F3IN4O5. The van der Waals surface area contributed by atoms with E-state index in [0.717, 1.165) is 19.2 Å². The number of aliphatic hydroxyl groups excluding tert-OH is 1. The topological polar surface area (TPSA) is 121 Å². The molecule has 34 heavy (non-hydrogen) atoms. The van der Waals surface area contributed by atoms with E-state index in [9.17, 15) is 14.0 Å². The minimum atomic E-state index is -1.57. The minimum Gasteiger partial charge on any atom is -0.398 e. The maximum absolute atomic E-state index is 15.2. The number of carbonyl (C=O) groups excluding carboxylic acids is 2. The molecule has 0 saturated heterocycles. The third-order valence-corrected chi connectivity index (χ3v) is 4.86. The van der Waals surface area contributed by atoms with Crippen LogP contribution in [0.5, 0.6) is 0 Å². The molecule has 2 aromatic carbocycles. The van der Waals surface area contributed by atoms with Crippen LogP contribution in [-0.4, -0.2) is 49.5 Å². The molecule has 2 amide bonds. The lowest BCUT2D eigenvalue weighted by atomic mass is 10.0. The zero-order valence-electron chi connectivity index (χ0n) is 18.2. The van der Waals surface area contributed by atoms with Gasteiger partial charge in [0.2, 0.25) is 0 Å². The minimum absolute atomic E-state index is 0.222. The maximum Gasteiger partial charge on any atom is 0.277 e. The van der Waals surface area contributed by atoms with E-state index in [2.05, 4.69) is 20.6 Å². The van der Waals surface area contributed by atoms with E-state index in [1.807, 2.05) is 28.1 Å². The highest BCUT2D eigenvalue weighted by Gasteiger charge is 2.28. The number of oxime groups is 1. The molecule has 0 spiro atoms. The van der Waals surface area contributed by atoms with Gasteiger partial charge in [-0.15, -0.1) is 0 Å². The van der Waals surface area contributed by atoms with E-state index in [-0.39, 0.29) is 18.8 Å². The van der Waals surface area contributed by atoms with Gasteiger partial charge in [-0.1, -0.05) is 12.1 Å². The Hall–Kier alpha value is -2.91. The predicted molar refractivity (Wildman–Crippen MR) is 126 cm³/mol. The monoisotopic (exact) mass is 594 g/mol. The molecule has 0 radical (unpaired) electrons. The fourth-order valence-corrected chi connectivity index (χ4v) is 3.12. The van der Waals surface area contributed by atoms with Crippen molar-refractivity contribution in [3.63, 3.8) is 0 Å². The molecule has 0 unspecified atom stereocenters. The molecule has 2 aromatic rings. The third-order valence-electron chi connectivity index (χ3n) is 4.19. The first-order valence-electron chi connectivity index (χ1n) is 9.91. The van der Waals surface area contributed by atoms with Crippen molar-refractivity contribution < 1.29 is 37.5 Å². The zero-order valence-corrected chi connectivity index (χ0v) is 20.3. The van der Waals surface area contributed by atoms with Gasteiger partial charge in [-0.05, 0) is 53.3 Å². The number of nitrogens with one attached hydrogen (secondary N) is 3. The molecule has 2 rings (SSSR count). The van der Waals surface area contributed by atoms with Gasteiger partial charge in [0.1, 0.15) is 12.9 Å². The molecule has 0 heterocycles. The lowest BCUT2D eigenvalue weighted by molar-refractivity contribution is -0.114. The van der Waals surface area contributed by atoms with E-state index in [1.54, 1.807) is 6.92 Å². The normalized spacial score (nSPS) is 11.2. The second-order valence-electron chi connectivity index (χ2n) is 6.61. The predicted octanol–water partition coefficient (Wildman–Crippen LogP) is 2.98. The maximum atomic E-state index is 15.2. The van der Waals surface area contributed by atoms with Crippen molar-refractivity contribution in [2.75, 3.05) is 32.2 Å². The Morgan fingerprint density at radius 3 is 2.50 bits per heavy atom. The van der Waals surface area contributed by atoms with Gasteiger partial charge in [0.25, 0.3) is 11.8 Å². The molecule has 0 aromatic heterocycles. The molecule has 0 aliphatic rings. The molecule has 13 heteroatoms. The Bertz CT molecular complexity index is 1080. The number of anilines is 2. The van der Waals surface area contributed by atoms with Crippen LogP contribution >= 0.6 is 22.6 Å². The van der Waals surface area contributed by atoms with Crippen LogP contribution in [0.15, 0.2) is 29.4 Å². The summed E-state index contributed by atoms with van der Waals surface area (Å²) in [5, 5.41) is 17.2. The third kappa shape index (κ3) is 6.80. The van der Waals surface area contributed by atoms with E-state index in [0.29, 0.717) is 9.99 Å². The summed E-state index contributed by atoms with van der Waals surface area (Å²) in [7, 11) is 1.10. The summed E-state index contributed by atoms with van der Waals surface area (Å²) in [6.45, 7) is 1.30. The van der Waals surface area contributed by atoms with E-state index < -0.39 is 58.4 Å². The van der Waals surface area contributed by atoms with Gasteiger partial charge in [0.05, 0.1) is 30.2 Å². The number of aliphatic hydroxyl groups is 1. The van der Waals surface area contributed by atoms with Gasteiger partial charge < -0.3 is 20.6 Å². The average molecular weight is 594 g/mol. The number of carbonyl (C=O) groups is 2. The van der Waals surface area contributed by atoms with Crippen LogP contribution in [0.25, 0.3) is 0 Å². The number of rotatable bonds is 11. The highest BCUT2D eigenvalue weighted by atomic mass is 127. The van der Waals surface area contributed by atoms with Crippen molar-refractivity contribution in [3.8, 4) is 0 Å². The molecule has 0 atom stereocenters. The van der Waals surface area contributed by atoms with Gasteiger partial charge >= 0.3 is 0 Å². The SMILES string of the molecule is CCCNC(=O)/C(=N/OC)c1cc(C(=O)NOCCO)c(Nc2ccc(I)cc2F)c(F)c1F. The number of amides is 2. The first kappa shape index (κ1) is 27.3. The van der Waals surface area contributed by atoms with Crippen LogP contribution in [0, 0.1) is 21.0 Å². The number of nitrogens with zero attached hydrogens (tertiary/aromatic N) is 1. The number of benzene rings is 2. The first-order chi connectivity index (χ1) is 16.2. The summed E-state index contributed by atoms with van der Waals surface area (Å²) < 4.78 is 45.3. The Morgan fingerprint density at radius 1 is 1.15 bits per heavy atom. The smallest absolute Gasteiger partial charge is 0.277 e. The van der Waals surface area contributed by atoms with Crippen molar-refractivity contribution in [2.24, 2.45) is 5.16 Å². The van der Waals surface area contributed by atoms with Gasteiger partial charge in [-0.3, -0.25) is 14.4 Å². The Labute approximate surface area is 206 Å².